The molecule has 5 rings (SSSR count). The Bertz CT molecular complexity index is 1270. The molecule has 1 fully saturated rings. The molecule has 0 aliphatic carbocycles. The molecule has 0 spiro atoms. The highest BCUT2D eigenvalue weighted by Gasteiger charge is 2.49. The molecule has 6 heteroatoms. The van der Waals surface area contributed by atoms with Gasteiger partial charge < -0.3 is 28.4 Å². The molecule has 0 amide bonds. The van der Waals surface area contributed by atoms with E-state index in [-0.39, 0.29) is 0 Å². The fourth-order valence-corrected chi connectivity index (χ4v) is 5.05. The minimum atomic E-state index is -0.651. The monoisotopic (exact) mass is 568 g/mol. The van der Waals surface area contributed by atoms with Crippen molar-refractivity contribution in [3.8, 4) is 0 Å². The highest BCUT2D eigenvalue weighted by molar-refractivity contribution is 5.16. The van der Waals surface area contributed by atoms with Crippen molar-refractivity contribution in [3.05, 3.63) is 144 Å². The third kappa shape index (κ3) is 8.82. The van der Waals surface area contributed by atoms with E-state index in [9.17, 15) is 0 Å². The number of hydrogen-bond donors (Lipinski definition) is 0. The summed E-state index contributed by atoms with van der Waals surface area (Å²) >= 11 is 0. The first-order chi connectivity index (χ1) is 20.8. The Morgan fingerprint density at radius 1 is 0.476 bits per heavy atom. The van der Waals surface area contributed by atoms with Crippen LogP contribution in [-0.2, 0) is 54.8 Å². The predicted molar refractivity (Wildman–Crippen MR) is 161 cm³/mol. The Morgan fingerprint density at radius 2 is 0.881 bits per heavy atom. The molecule has 220 valence electrons. The van der Waals surface area contributed by atoms with Crippen molar-refractivity contribution >= 4 is 0 Å². The summed E-state index contributed by atoms with van der Waals surface area (Å²) in [6.45, 7) is 4.40. The van der Waals surface area contributed by atoms with Gasteiger partial charge in [0, 0.05) is 6.61 Å². The molecule has 0 saturated carbocycles. The molecule has 1 aliphatic heterocycles. The topological polar surface area (TPSA) is 55.4 Å². The summed E-state index contributed by atoms with van der Waals surface area (Å²) in [6.07, 6.45) is -2.57. The van der Waals surface area contributed by atoms with E-state index in [0.29, 0.717) is 39.6 Å². The van der Waals surface area contributed by atoms with E-state index in [1.165, 1.54) is 0 Å². The lowest BCUT2D eigenvalue weighted by Crippen LogP contribution is -2.61. The molecule has 4 aromatic carbocycles. The van der Waals surface area contributed by atoms with Gasteiger partial charge in [-0.05, 0) is 29.2 Å². The summed E-state index contributed by atoms with van der Waals surface area (Å²) in [6, 6.07) is 40.5. The van der Waals surface area contributed by atoms with E-state index < -0.39 is 30.7 Å². The molecular formula is C36H40O6. The van der Waals surface area contributed by atoms with Gasteiger partial charge in [-0.25, -0.2) is 0 Å². The van der Waals surface area contributed by atoms with Gasteiger partial charge in [-0.3, -0.25) is 0 Å². The third-order valence-corrected chi connectivity index (χ3v) is 7.17. The van der Waals surface area contributed by atoms with Gasteiger partial charge in [0.1, 0.15) is 24.4 Å². The lowest BCUT2D eigenvalue weighted by molar-refractivity contribution is -0.327. The normalized spacial score (nSPS) is 22.2. The maximum atomic E-state index is 6.68. The molecule has 42 heavy (non-hydrogen) atoms. The van der Waals surface area contributed by atoms with Crippen LogP contribution < -0.4 is 0 Å². The van der Waals surface area contributed by atoms with E-state index in [1.54, 1.807) is 0 Å². The molecule has 1 heterocycles. The quantitative estimate of drug-likeness (QED) is 0.159. The van der Waals surface area contributed by atoms with E-state index in [4.69, 9.17) is 28.4 Å². The van der Waals surface area contributed by atoms with Gasteiger partial charge in [-0.1, -0.05) is 121 Å². The second-order valence-electron chi connectivity index (χ2n) is 10.3. The lowest BCUT2D eigenvalue weighted by Gasteiger charge is -2.45. The summed E-state index contributed by atoms with van der Waals surface area (Å²) in [4.78, 5) is 0. The zero-order chi connectivity index (χ0) is 28.8. The van der Waals surface area contributed by atoms with Crippen molar-refractivity contribution < 1.29 is 28.4 Å². The first-order valence-electron chi connectivity index (χ1n) is 14.7. The fraction of sp³-hybridized carbons (Fsp3) is 0.333. The van der Waals surface area contributed by atoms with Crippen LogP contribution in [-0.4, -0.2) is 43.9 Å². The summed E-state index contributed by atoms with van der Waals surface area (Å²) < 4.78 is 38.7. The van der Waals surface area contributed by atoms with Crippen LogP contribution in [0.2, 0.25) is 0 Å². The van der Waals surface area contributed by atoms with Crippen molar-refractivity contribution in [2.75, 3.05) is 13.2 Å². The van der Waals surface area contributed by atoms with Crippen LogP contribution in [0.3, 0.4) is 0 Å². The predicted octanol–water partition coefficient (Wildman–Crippen LogP) is 6.72. The minimum Gasteiger partial charge on any atom is -0.374 e. The van der Waals surface area contributed by atoms with E-state index >= 15 is 0 Å². The SMILES string of the molecule is CCO[C@@H]1OC(COCc2ccccc2)[C@@H](OCc2ccccc2)C(OCc2ccccc2)C1OCc1ccccc1. The van der Waals surface area contributed by atoms with Crippen LogP contribution >= 0.6 is 0 Å². The maximum Gasteiger partial charge on any atom is 0.186 e. The zero-order valence-corrected chi connectivity index (χ0v) is 24.1. The van der Waals surface area contributed by atoms with Crippen molar-refractivity contribution in [2.45, 2.75) is 64.1 Å². The molecule has 0 bridgehead atoms. The van der Waals surface area contributed by atoms with Gasteiger partial charge in [0.15, 0.2) is 6.29 Å². The Hall–Kier alpha value is -3.36. The lowest BCUT2D eigenvalue weighted by atomic mass is 9.97. The maximum absolute atomic E-state index is 6.68. The number of ether oxygens (including phenoxy) is 6. The molecule has 4 aromatic rings. The highest BCUT2D eigenvalue weighted by atomic mass is 16.7. The summed E-state index contributed by atoms with van der Waals surface area (Å²) in [7, 11) is 0. The molecule has 5 atom stereocenters. The molecule has 6 nitrogen and oxygen atoms in total. The van der Waals surface area contributed by atoms with Crippen LogP contribution in [0, 0.1) is 0 Å². The van der Waals surface area contributed by atoms with Gasteiger partial charge in [0.25, 0.3) is 0 Å². The van der Waals surface area contributed by atoms with E-state index in [0.717, 1.165) is 22.3 Å². The zero-order valence-electron chi connectivity index (χ0n) is 24.1. The van der Waals surface area contributed by atoms with Gasteiger partial charge in [0.05, 0.1) is 33.0 Å². The van der Waals surface area contributed by atoms with Gasteiger partial charge in [-0.15, -0.1) is 0 Å². The Kier molecular flexibility index (Phi) is 11.7. The van der Waals surface area contributed by atoms with Crippen LogP contribution in [0.4, 0.5) is 0 Å². The highest BCUT2D eigenvalue weighted by Crippen LogP contribution is 2.31. The smallest absolute Gasteiger partial charge is 0.186 e. The standard InChI is InChI=1S/C36H40O6/c1-2-38-36-35(41-26-31-21-13-6-14-22-31)34(40-25-30-19-11-5-12-20-30)33(39-24-29-17-9-4-10-18-29)32(42-36)27-37-23-28-15-7-3-8-16-28/h3-22,32-36H,2,23-27H2,1H3/t32?,33-,34?,35?,36-/m1/s1. The molecule has 1 aliphatic rings. The largest absolute Gasteiger partial charge is 0.374 e. The minimum absolute atomic E-state index is 0.314. The molecule has 0 aromatic heterocycles. The van der Waals surface area contributed by atoms with Gasteiger partial charge in [0.2, 0.25) is 0 Å². The average molecular weight is 569 g/mol. The Balaban J connectivity index is 1.40. The first-order valence-corrected chi connectivity index (χ1v) is 14.7. The van der Waals surface area contributed by atoms with Crippen LogP contribution in [0.1, 0.15) is 29.2 Å². The third-order valence-electron chi connectivity index (χ3n) is 7.17. The second kappa shape index (κ2) is 16.3. The Labute approximate surface area is 249 Å². The second-order valence-corrected chi connectivity index (χ2v) is 10.3. The summed E-state index contributed by atoms with van der Waals surface area (Å²) in [5.41, 5.74) is 4.29. The molecule has 0 N–H and O–H groups in total. The van der Waals surface area contributed by atoms with Crippen molar-refractivity contribution in [3.63, 3.8) is 0 Å². The van der Waals surface area contributed by atoms with Crippen LogP contribution in [0.5, 0.6) is 0 Å². The number of rotatable bonds is 15. The summed E-state index contributed by atoms with van der Waals surface area (Å²) in [5.74, 6) is 0. The van der Waals surface area contributed by atoms with Crippen molar-refractivity contribution in [2.24, 2.45) is 0 Å². The molecule has 0 radical (unpaired) electrons. The van der Waals surface area contributed by atoms with Crippen molar-refractivity contribution in [1.29, 1.82) is 0 Å². The van der Waals surface area contributed by atoms with E-state index in [2.05, 4.69) is 24.3 Å². The van der Waals surface area contributed by atoms with E-state index in [1.807, 2.05) is 104 Å². The number of benzene rings is 4. The molecular weight excluding hydrogens is 528 g/mol. The molecule has 1 saturated heterocycles. The van der Waals surface area contributed by atoms with Gasteiger partial charge >= 0.3 is 0 Å². The van der Waals surface area contributed by atoms with Crippen molar-refractivity contribution in [1.82, 2.24) is 0 Å². The molecule has 3 unspecified atom stereocenters. The summed E-state index contributed by atoms with van der Waals surface area (Å²) in [5, 5.41) is 0. The fourth-order valence-electron chi connectivity index (χ4n) is 5.05. The van der Waals surface area contributed by atoms with Crippen LogP contribution in [0.25, 0.3) is 0 Å². The van der Waals surface area contributed by atoms with Crippen LogP contribution in [0.15, 0.2) is 121 Å². The number of hydrogen-bond acceptors (Lipinski definition) is 6. The van der Waals surface area contributed by atoms with Gasteiger partial charge in [-0.2, -0.15) is 0 Å². The average Bonchev–Trinajstić information content (AvgIpc) is 3.05. The first kappa shape index (κ1) is 30.1. The Morgan fingerprint density at radius 3 is 1.33 bits per heavy atom.